The molecule has 1 aliphatic rings. The van der Waals surface area contributed by atoms with E-state index < -0.39 is 6.10 Å². The Labute approximate surface area is 183 Å². The number of carbonyl (C=O) groups excluding carboxylic acids is 1. The number of nitrogens with zero attached hydrogens (tertiary/aromatic N) is 2. The summed E-state index contributed by atoms with van der Waals surface area (Å²) < 4.78 is 11.1. The first kappa shape index (κ1) is 22.4. The molecule has 0 aromatic heterocycles. The summed E-state index contributed by atoms with van der Waals surface area (Å²) in [5, 5.41) is 11.2. The van der Waals surface area contributed by atoms with Gasteiger partial charge < -0.3 is 19.5 Å². The number of ether oxygens (including phenoxy) is 2. The quantitative estimate of drug-likeness (QED) is 0.645. The van der Waals surface area contributed by atoms with Crippen molar-refractivity contribution in [2.75, 3.05) is 51.3 Å². The molecule has 6 nitrogen and oxygen atoms in total. The van der Waals surface area contributed by atoms with Crippen LogP contribution >= 0.6 is 11.6 Å². The Bertz CT molecular complexity index is 882. The van der Waals surface area contributed by atoms with Crippen molar-refractivity contribution < 1.29 is 19.4 Å². The molecule has 1 heterocycles. The van der Waals surface area contributed by atoms with E-state index in [4.69, 9.17) is 21.1 Å². The van der Waals surface area contributed by atoms with Gasteiger partial charge in [0.2, 0.25) is 0 Å². The van der Waals surface area contributed by atoms with Crippen LogP contribution in [0.25, 0.3) is 0 Å². The van der Waals surface area contributed by atoms with Crippen LogP contribution in [0.2, 0.25) is 5.02 Å². The maximum absolute atomic E-state index is 11.5. The Morgan fingerprint density at radius 1 is 1.13 bits per heavy atom. The highest BCUT2D eigenvalue weighted by molar-refractivity contribution is 6.30. The molecule has 2 aromatic rings. The van der Waals surface area contributed by atoms with Gasteiger partial charge in [-0.2, -0.15) is 0 Å². The molecule has 1 unspecified atom stereocenters. The number of hydrogen-bond donors (Lipinski definition) is 1. The Hall–Kier alpha value is -2.28. The summed E-state index contributed by atoms with van der Waals surface area (Å²) in [4.78, 5) is 16.1. The predicted molar refractivity (Wildman–Crippen MR) is 119 cm³/mol. The van der Waals surface area contributed by atoms with E-state index in [1.165, 1.54) is 25.3 Å². The van der Waals surface area contributed by atoms with E-state index in [1.807, 2.05) is 18.2 Å². The number of rotatable bonds is 8. The standard InChI is InChI=1S/C23H29ClN2O4/c1-16-4-6-19(24)13-21(16)26-10-8-25(9-11-26)14-20(28)15-30-22-7-5-18(17(2)27)12-23(22)29-3/h4-7,12-13,20,28H,8-11,14-15H2,1-3H3. The minimum atomic E-state index is -0.623. The highest BCUT2D eigenvalue weighted by atomic mass is 35.5. The van der Waals surface area contributed by atoms with Crippen molar-refractivity contribution in [3.8, 4) is 11.5 Å². The number of Topliss-reactive ketones (excluding diaryl/α,β-unsaturated/α-hetero) is 1. The molecule has 0 saturated carbocycles. The van der Waals surface area contributed by atoms with Crippen LogP contribution in [0.15, 0.2) is 36.4 Å². The first-order valence-corrected chi connectivity index (χ1v) is 10.5. The van der Waals surface area contributed by atoms with E-state index >= 15 is 0 Å². The zero-order valence-electron chi connectivity index (χ0n) is 17.7. The number of aliphatic hydroxyl groups excluding tert-OH is 1. The smallest absolute Gasteiger partial charge is 0.161 e. The largest absolute Gasteiger partial charge is 0.493 e. The molecule has 0 aliphatic carbocycles. The second-order valence-corrected chi connectivity index (χ2v) is 8.04. The third kappa shape index (κ3) is 5.65. The summed E-state index contributed by atoms with van der Waals surface area (Å²) in [5.41, 5.74) is 2.95. The Morgan fingerprint density at radius 3 is 2.53 bits per heavy atom. The molecule has 0 amide bonds. The van der Waals surface area contributed by atoms with Crippen molar-refractivity contribution >= 4 is 23.1 Å². The monoisotopic (exact) mass is 432 g/mol. The molecule has 1 saturated heterocycles. The van der Waals surface area contributed by atoms with Gasteiger partial charge >= 0.3 is 0 Å². The molecule has 2 aromatic carbocycles. The zero-order valence-corrected chi connectivity index (χ0v) is 18.5. The minimum Gasteiger partial charge on any atom is -0.493 e. The summed E-state index contributed by atoms with van der Waals surface area (Å²) in [6.07, 6.45) is -0.623. The van der Waals surface area contributed by atoms with Gasteiger partial charge in [0.05, 0.1) is 7.11 Å². The maximum atomic E-state index is 11.5. The minimum absolute atomic E-state index is 0.0352. The highest BCUT2D eigenvalue weighted by Crippen LogP contribution is 2.28. The van der Waals surface area contributed by atoms with Crippen molar-refractivity contribution in [3.05, 3.63) is 52.5 Å². The van der Waals surface area contributed by atoms with Gasteiger partial charge in [-0.15, -0.1) is 0 Å². The number of anilines is 1. The Balaban J connectivity index is 1.49. The first-order chi connectivity index (χ1) is 14.4. The molecule has 0 radical (unpaired) electrons. The van der Waals surface area contributed by atoms with Crippen LogP contribution < -0.4 is 14.4 Å². The summed E-state index contributed by atoms with van der Waals surface area (Å²) in [6, 6.07) is 11.0. The summed E-state index contributed by atoms with van der Waals surface area (Å²) in [5.74, 6) is 0.968. The third-order valence-corrected chi connectivity index (χ3v) is 5.59. The van der Waals surface area contributed by atoms with Gasteiger partial charge in [-0.25, -0.2) is 0 Å². The van der Waals surface area contributed by atoms with E-state index in [-0.39, 0.29) is 12.4 Å². The number of piperazine rings is 1. The molecule has 1 atom stereocenters. The van der Waals surface area contributed by atoms with Crippen LogP contribution in [-0.2, 0) is 0 Å². The van der Waals surface area contributed by atoms with Gasteiger partial charge in [0.1, 0.15) is 12.7 Å². The molecular weight excluding hydrogens is 404 g/mol. The van der Waals surface area contributed by atoms with Gasteiger partial charge in [-0.3, -0.25) is 9.69 Å². The summed E-state index contributed by atoms with van der Waals surface area (Å²) >= 11 is 6.15. The van der Waals surface area contributed by atoms with E-state index in [9.17, 15) is 9.90 Å². The topological polar surface area (TPSA) is 62.2 Å². The van der Waals surface area contributed by atoms with Crippen LogP contribution in [-0.4, -0.2) is 68.3 Å². The van der Waals surface area contributed by atoms with Crippen molar-refractivity contribution in [1.82, 2.24) is 4.90 Å². The third-order valence-electron chi connectivity index (χ3n) is 5.35. The molecule has 7 heteroatoms. The summed E-state index contributed by atoms with van der Waals surface area (Å²) in [7, 11) is 1.53. The second kappa shape index (κ2) is 10.2. The Kier molecular flexibility index (Phi) is 7.58. The van der Waals surface area contributed by atoms with E-state index in [0.29, 0.717) is 23.6 Å². The number of hydrogen-bond acceptors (Lipinski definition) is 6. The lowest BCUT2D eigenvalue weighted by molar-refractivity contribution is 0.0653. The number of methoxy groups -OCH3 is 1. The van der Waals surface area contributed by atoms with Gasteiger partial charge in [-0.05, 0) is 49.7 Å². The van der Waals surface area contributed by atoms with Crippen LogP contribution in [0.4, 0.5) is 5.69 Å². The molecule has 3 rings (SSSR count). The van der Waals surface area contributed by atoms with Crippen molar-refractivity contribution in [3.63, 3.8) is 0 Å². The van der Waals surface area contributed by atoms with Gasteiger partial charge in [0.15, 0.2) is 17.3 Å². The molecule has 0 bridgehead atoms. The molecule has 1 fully saturated rings. The first-order valence-electron chi connectivity index (χ1n) is 10.1. The fraction of sp³-hybridized carbons (Fsp3) is 0.435. The predicted octanol–water partition coefficient (Wildman–Crippen LogP) is 3.42. The number of halogens is 1. The number of benzene rings is 2. The van der Waals surface area contributed by atoms with Crippen molar-refractivity contribution in [2.45, 2.75) is 20.0 Å². The molecule has 1 aliphatic heterocycles. The van der Waals surface area contributed by atoms with Crippen molar-refractivity contribution in [1.29, 1.82) is 0 Å². The van der Waals surface area contributed by atoms with Crippen LogP contribution in [0.1, 0.15) is 22.8 Å². The van der Waals surface area contributed by atoms with Crippen molar-refractivity contribution in [2.24, 2.45) is 0 Å². The van der Waals surface area contributed by atoms with Crippen LogP contribution in [0.5, 0.6) is 11.5 Å². The van der Waals surface area contributed by atoms with Gasteiger partial charge in [0.25, 0.3) is 0 Å². The second-order valence-electron chi connectivity index (χ2n) is 7.61. The van der Waals surface area contributed by atoms with E-state index in [2.05, 4.69) is 16.7 Å². The average molecular weight is 433 g/mol. The highest BCUT2D eigenvalue weighted by Gasteiger charge is 2.21. The Morgan fingerprint density at radius 2 is 1.87 bits per heavy atom. The molecule has 0 spiro atoms. The normalized spacial score (nSPS) is 15.7. The lowest BCUT2D eigenvalue weighted by atomic mass is 10.1. The lowest BCUT2D eigenvalue weighted by Crippen LogP contribution is -2.49. The average Bonchev–Trinajstić information content (AvgIpc) is 2.74. The van der Waals surface area contributed by atoms with Gasteiger partial charge in [0, 0.05) is 49.0 Å². The van der Waals surface area contributed by atoms with Gasteiger partial charge in [-0.1, -0.05) is 17.7 Å². The zero-order chi connectivity index (χ0) is 21.7. The van der Waals surface area contributed by atoms with E-state index in [0.717, 1.165) is 31.2 Å². The van der Waals surface area contributed by atoms with E-state index in [1.54, 1.807) is 18.2 Å². The number of β-amino-alcohol motifs (C(OH)–C–C–N with tert-alkyl or cyclic N) is 1. The van der Waals surface area contributed by atoms with Crippen LogP contribution in [0, 0.1) is 6.92 Å². The molecule has 162 valence electrons. The number of carbonyl (C=O) groups is 1. The maximum Gasteiger partial charge on any atom is 0.161 e. The molecule has 30 heavy (non-hydrogen) atoms. The fourth-order valence-electron chi connectivity index (χ4n) is 3.64. The summed E-state index contributed by atoms with van der Waals surface area (Å²) in [6.45, 7) is 7.78. The lowest BCUT2D eigenvalue weighted by Gasteiger charge is -2.37. The number of aryl methyl sites for hydroxylation is 1. The van der Waals surface area contributed by atoms with Crippen LogP contribution in [0.3, 0.4) is 0 Å². The number of ketones is 1. The number of aliphatic hydroxyl groups is 1. The SMILES string of the molecule is COc1cc(C(C)=O)ccc1OCC(O)CN1CCN(c2cc(Cl)ccc2C)CC1. The molecular formula is C23H29ClN2O4. The molecule has 1 N–H and O–H groups in total. The fourth-order valence-corrected chi connectivity index (χ4v) is 3.80.